The van der Waals surface area contributed by atoms with Gasteiger partial charge in [-0.1, -0.05) is 47.6 Å². The highest BCUT2D eigenvalue weighted by Crippen LogP contribution is 2.29. The van der Waals surface area contributed by atoms with Crippen LogP contribution in [-0.2, 0) is 28.1 Å². The molecule has 0 bridgehead atoms. The van der Waals surface area contributed by atoms with Crippen molar-refractivity contribution in [1.82, 2.24) is 20.6 Å². The molecular formula is C27H26ClN5O4. The van der Waals surface area contributed by atoms with Gasteiger partial charge in [-0.15, -0.1) is 0 Å². The van der Waals surface area contributed by atoms with Gasteiger partial charge in [-0.25, -0.2) is 0 Å². The first kappa shape index (κ1) is 25.7. The van der Waals surface area contributed by atoms with Crippen LogP contribution < -0.4 is 15.5 Å². The van der Waals surface area contributed by atoms with Crippen LogP contribution >= 0.6 is 11.6 Å². The highest BCUT2D eigenvalue weighted by molar-refractivity contribution is 6.45. The molecule has 9 nitrogen and oxygen atoms in total. The standard InChI is InChI=1S/C27H26ClN5O4/c1-17(31-36-16-18-7-5-6-8-22(18)26(32-35-4)27(34)29-2)25-23-14-13-21(15-24(23)33(3)30-25)37-20-11-9-19(28)10-12-20/h5-15,31H,1,16H2,2-4H3,(H,29,34). The molecule has 0 saturated heterocycles. The quantitative estimate of drug-likeness (QED) is 0.230. The lowest BCUT2D eigenvalue weighted by Crippen LogP contribution is -2.29. The fraction of sp³-hybridized carbons (Fsp3) is 0.148. The number of rotatable bonds is 10. The second kappa shape index (κ2) is 11.6. The van der Waals surface area contributed by atoms with Crippen molar-refractivity contribution in [1.29, 1.82) is 0 Å². The molecule has 0 radical (unpaired) electrons. The molecule has 0 aliphatic carbocycles. The number of ether oxygens (including phenoxy) is 1. The molecule has 0 saturated carbocycles. The number of carbonyl (C=O) groups is 1. The van der Waals surface area contributed by atoms with Crippen molar-refractivity contribution in [3.63, 3.8) is 0 Å². The Morgan fingerprint density at radius 2 is 1.84 bits per heavy atom. The number of hydrogen-bond acceptors (Lipinski definition) is 7. The summed E-state index contributed by atoms with van der Waals surface area (Å²) in [6, 6.07) is 20.1. The van der Waals surface area contributed by atoms with Gasteiger partial charge in [-0.05, 0) is 42.0 Å². The van der Waals surface area contributed by atoms with E-state index in [0.29, 0.717) is 33.5 Å². The SMILES string of the molecule is C=C(NOCc1ccccc1C(=NOC)C(=O)NC)c1nn(C)c2cc(Oc3ccc(Cl)cc3)ccc12. The molecule has 1 aromatic heterocycles. The van der Waals surface area contributed by atoms with E-state index in [1.165, 1.54) is 14.2 Å². The Morgan fingerprint density at radius 1 is 1.11 bits per heavy atom. The second-order valence-corrected chi connectivity index (χ2v) is 8.37. The fourth-order valence-corrected chi connectivity index (χ4v) is 3.84. The van der Waals surface area contributed by atoms with Gasteiger partial charge in [0.1, 0.15) is 30.9 Å². The molecular weight excluding hydrogens is 494 g/mol. The molecule has 0 fully saturated rings. The van der Waals surface area contributed by atoms with Crippen LogP contribution in [0.2, 0.25) is 5.02 Å². The van der Waals surface area contributed by atoms with Crippen molar-refractivity contribution >= 4 is 39.8 Å². The first-order chi connectivity index (χ1) is 17.9. The number of amides is 1. The number of nitrogens with zero attached hydrogens (tertiary/aromatic N) is 3. The van der Waals surface area contributed by atoms with Crippen molar-refractivity contribution in [3.05, 3.63) is 95.2 Å². The molecule has 2 N–H and O–H groups in total. The molecule has 10 heteroatoms. The lowest BCUT2D eigenvalue weighted by atomic mass is 10.0. The van der Waals surface area contributed by atoms with Crippen LogP contribution in [-0.4, -0.2) is 35.6 Å². The van der Waals surface area contributed by atoms with Gasteiger partial charge < -0.3 is 14.9 Å². The van der Waals surface area contributed by atoms with Gasteiger partial charge in [0.25, 0.3) is 5.91 Å². The zero-order chi connectivity index (χ0) is 26.4. The Morgan fingerprint density at radius 3 is 2.57 bits per heavy atom. The zero-order valence-electron chi connectivity index (χ0n) is 20.6. The first-order valence-electron chi connectivity index (χ1n) is 11.3. The second-order valence-electron chi connectivity index (χ2n) is 7.94. The molecule has 3 aromatic carbocycles. The van der Waals surface area contributed by atoms with E-state index in [1.54, 1.807) is 35.0 Å². The van der Waals surface area contributed by atoms with E-state index in [4.69, 9.17) is 26.0 Å². The summed E-state index contributed by atoms with van der Waals surface area (Å²) in [6.07, 6.45) is 0. The Balaban J connectivity index is 1.47. The van der Waals surface area contributed by atoms with Gasteiger partial charge in [0, 0.05) is 36.1 Å². The van der Waals surface area contributed by atoms with Crippen molar-refractivity contribution in [3.8, 4) is 11.5 Å². The van der Waals surface area contributed by atoms with Gasteiger partial charge in [-0.3, -0.25) is 19.8 Å². The molecule has 0 unspecified atom stereocenters. The largest absolute Gasteiger partial charge is 0.457 e. The third-order valence-electron chi connectivity index (χ3n) is 5.48. The summed E-state index contributed by atoms with van der Waals surface area (Å²) >= 11 is 5.95. The zero-order valence-corrected chi connectivity index (χ0v) is 21.4. The fourth-order valence-electron chi connectivity index (χ4n) is 3.71. The summed E-state index contributed by atoms with van der Waals surface area (Å²) in [4.78, 5) is 22.9. The van der Waals surface area contributed by atoms with Gasteiger partial charge in [0.2, 0.25) is 0 Å². The minimum atomic E-state index is -0.369. The van der Waals surface area contributed by atoms with Crippen molar-refractivity contribution in [2.45, 2.75) is 6.61 Å². The maximum Gasteiger partial charge on any atom is 0.273 e. The summed E-state index contributed by atoms with van der Waals surface area (Å²) < 4.78 is 7.69. The number of aromatic nitrogens is 2. The van der Waals surface area contributed by atoms with Crippen molar-refractivity contribution < 1.29 is 19.2 Å². The van der Waals surface area contributed by atoms with Crippen LogP contribution in [0.1, 0.15) is 16.8 Å². The average molecular weight is 520 g/mol. The highest BCUT2D eigenvalue weighted by atomic mass is 35.5. The van der Waals surface area contributed by atoms with E-state index in [2.05, 4.69) is 27.6 Å². The van der Waals surface area contributed by atoms with Crippen LogP contribution in [0.5, 0.6) is 11.5 Å². The van der Waals surface area contributed by atoms with Gasteiger partial charge in [0.05, 0.1) is 11.2 Å². The van der Waals surface area contributed by atoms with Crippen LogP contribution in [0.3, 0.4) is 0 Å². The van der Waals surface area contributed by atoms with Crippen LogP contribution in [0, 0.1) is 0 Å². The van der Waals surface area contributed by atoms with E-state index in [-0.39, 0.29) is 18.2 Å². The summed E-state index contributed by atoms with van der Waals surface area (Å²) in [5, 5.41) is 12.6. The topological polar surface area (TPSA) is 99.0 Å². The number of halogens is 1. The lowest BCUT2D eigenvalue weighted by Gasteiger charge is -2.12. The van der Waals surface area contributed by atoms with Gasteiger partial charge in [0.15, 0.2) is 5.71 Å². The third kappa shape index (κ3) is 5.91. The number of benzene rings is 3. The van der Waals surface area contributed by atoms with Crippen LogP contribution in [0.15, 0.2) is 78.5 Å². The molecule has 1 amide bonds. The lowest BCUT2D eigenvalue weighted by molar-refractivity contribution is -0.114. The summed E-state index contributed by atoms with van der Waals surface area (Å²) in [5.74, 6) is 0.979. The number of aryl methyl sites for hydroxylation is 1. The van der Waals surface area contributed by atoms with E-state index in [9.17, 15) is 4.79 Å². The Kier molecular flexibility index (Phi) is 8.07. The highest BCUT2D eigenvalue weighted by Gasteiger charge is 2.18. The molecule has 190 valence electrons. The predicted molar refractivity (Wildman–Crippen MR) is 143 cm³/mol. The first-order valence-corrected chi connectivity index (χ1v) is 11.7. The Hall–Kier alpha value is -4.34. The summed E-state index contributed by atoms with van der Waals surface area (Å²) in [6.45, 7) is 4.22. The average Bonchev–Trinajstić information content (AvgIpc) is 3.24. The van der Waals surface area contributed by atoms with E-state index >= 15 is 0 Å². The number of nitrogens with one attached hydrogen (secondary N) is 2. The molecule has 4 aromatic rings. The number of hydrogen-bond donors (Lipinski definition) is 2. The number of hydroxylamine groups is 1. The van der Waals surface area contributed by atoms with E-state index < -0.39 is 0 Å². The number of carbonyl (C=O) groups excluding carboxylic acids is 1. The maximum atomic E-state index is 12.3. The van der Waals surface area contributed by atoms with Gasteiger partial charge >= 0.3 is 0 Å². The van der Waals surface area contributed by atoms with Crippen molar-refractivity contribution in [2.75, 3.05) is 14.2 Å². The molecule has 0 aliphatic heterocycles. The predicted octanol–water partition coefficient (Wildman–Crippen LogP) is 4.81. The normalized spacial score (nSPS) is 11.3. The molecule has 0 atom stereocenters. The number of fused-ring (bicyclic) bond motifs is 1. The van der Waals surface area contributed by atoms with Gasteiger partial charge in [-0.2, -0.15) is 5.10 Å². The van der Waals surface area contributed by atoms with E-state index in [1.807, 2.05) is 43.4 Å². The third-order valence-corrected chi connectivity index (χ3v) is 5.73. The number of oxime groups is 1. The van der Waals surface area contributed by atoms with Crippen LogP contribution in [0.25, 0.3) is 16.6 Å². The Labute approximate surface area is 219 Å². The molecule has 37 heavy (non-hydrogen) atoms. The monoisotopic (exact) mass is 519 g/mol. The molecule has 1 heterocycles. The van der Waals surface area contributed by atoms with Crippen LogP contribution in [0.4, 0.5) is 0 Å². The number of likely N-dealkylation sites (N-methyl/N-ethyl adjacent to an activating group) is 1. The maximum absolute atomic E-state index is 12.3. The minimum absolute atomic E-state index is 0.138. The summed E-state index contributed by atoms with van der Waals surface area (Å²) in [7, 11) is 4.76. The summed E-state index contributed by atoms with van der Waals surface area (Å²) in [5.41, 5.74) is 6.32. The molecule has 0 aliphatic rings. The molecule has 0 spiro atoms. The smallest absolute Gasteiger partial charge is 0.273 e. The van der Waals surface area contributed by atoms with Crippen molar-refractivity contribution in [2.24, 2.45) is 12.2 Å². The molecule has 4 rings (SSSR count). The van der Waals surface area contributed by atoms with E-state index in [0.717, 1.165) is 16.5 Å². The minimum Gasteiger partial charge on any atom is -0.457 e. The Bertz CT molecular complexity index is 1460.